The van der Waals surface area contributed by atoms with Gasteiger partial charge in [-0.05, 0) is 39.4 Å². The van der Waals surface area contributed by atoms with Gasteiger partial charge >= 0.3 is 0 Å². The minimum Gasteiger partial charge on any atom is -0.357 e. The molecule has 5 nitrogen and oxygen atoms in total. The number of guanidine groups is 1. The van der Waals surface area contributed by atoms with Crippen LogP contribution in [0.25, 0.3) is 0 Å². The van der Waals surface area contributed by atoms with Gasteiger partial charge in [-0.15, -0.1) is 11.3 Å². The third-order valence-corrected chi connectivity index (χ3v) is 5.34. The summed E-state index contributed by atoms with van der Waals surface area (Å²) in [6, 6.07) is 11.0. The van der Waals surface area contributed by atoms with Gasteiger partial charge in [0.05, 0.1) is 6.54 Å². The molecule has 1 aromatic carbocycles. The van der Waals surface area contributed by atoms with E-state index in [1.165, 1.54) is 10.4 Å². The summed E-state index contributed by atoms with van der Waals surface area (Å²) in [6.07, 6.45) is 3.99. The summed E-state index contributed by atoms with van der Waals surface area (Å²) in [5.41, 5.74) is 1.35. The number of hydrogen-bond donors (Lipinski definition) is 2. The van der Waals surface area contributed by atoms with Gasteiger partial charge in [-0.2, -0.15) is 0 Å². The van der Waals surface area contributed by atoms with Crippen LogP contribution in [0.4, 0.5) is 0 Å². The fraction of sp³-hybridized carbons (Fsp3) is 0.500. The van der Waals surface area contributed by atoms with E-state index in [-0.39, 0.29) is 0 Å². The van der Waals surface area contributed by atoms with Crippen LogP contribution >= 0.6 is 11.3 Å². The van der Waals surface area contributed by atoms with Crippen molar-refractivity contribution in [2.24, 2.45) is 4.99 Å². The predicted octanol–water partition coefficient (Wildman–Crippen LogP) is 2.93. The number of benzene rings is 1. The molecule has 0 aliphatic carbocycles. The SMILES string of the molecule is CCNC(=NCc1ncc(CC)s1)NCC(Cc1ccccc1)N(C)C. The molecule has 1 unspecified atom stereocenters. The Balaban J connectivity index is 1.94. The van der Waals surface area contributed by atoms with Gasteiger partial charge in [-0.3, -0.25) is 0 Å². The molecule has 0 bridgehead atoms. The zero-order valence-corrected chi connectivity index (χ0v) is 17.1. The van der Waals surface area contributed by atoms with Crippen LogP contribution in [-0.2, 0) is 19.4 Å². The summed E-state index contributed by atoms with van der Waals surface area (Å²) in [7, 11) is 4.25. The van der Waals surface area contributed by atoms with E-state index in [2.05, 4.69) is 78.8 Å². The highest BCUT2D eigenvalue weighted by Crippen LogP contribution is 2.14. The second-order valence-corrected chi connectivity index (χ2v) is 7.66. The number of nitrogens with zero attached hydrogens (tertiary/aromatic N) is 3. The van der Waals surface area contributed by atoms with Crippen molar-refractivity contribution in [3.05, 3.63) is 52.0 Å². The van der Waals surface area contributed by atoms with Gasteiger partial charge in [0.1, 0.15) is 5.01 Å². The highest BCUT2D eigenvalue weighted by molar-refractivity contribution is 7.11. The van der Waals surface area contributed by atoms with E-state index in [9.17, 15) is 0 Å². The highest BCUT2D eigenvalue weighted by atomic mass is 32.1. The zero-order valence-electron chi connectivity index (χ0n) is 16.3. The number of thiazole rings is 1. The Morgan fingerprint density at radius 3 is 2.58 bits per heavy atom. The molecule has 2 rings (SSSR count). The fourth-order valence-corrected chi connectivity index (χ4v) is 3.40. The van der Waals surface area contributed by atoms with Crippen molar-refractivity contribution >= 4 is 17.3 Å². The number of hydrogen-bond acceptors (Lipinski definition) is 4. The van der Waals surface area contributed by atoms with Crippen LogP contribution < -0.4 is 10.6 Å². The molecular weight excluding hydrogens is 342 g/mol. The lowest BCUT2D eigenvalue weighted by atomic mass is 10.1. The Kier molecular flexibility index (Phi) is 8.58. The van der Waals surface area contributed by atoms with Gasteiger partial charge in [0, 0.05) is 30.2 Å². The Bertz CT molecular complexity index is 666. The first-order valence-corrected chi connectivity index (χ1v) is 10.1. The number of nitrogens with one attached hydrogen (secondary N) is 2. The molecule has 26 heavy (non-hydrogen) atoms. The second-order valence-electron chi connectivity index (χ2n) is 6.46. The molecule has 0 aliphatic heterocycles. The molecule has 0 spiro atoms. The number of aliphatic imine (C=N–C) groups is 1. The van der Waals surface area contributed by atoms with Crippen molar-refractivity contribution in [1.82, 2.24) is 20.5 Å². The molecule has 0 fully saturated rings. The van der Waals surface area contributed by atoms with Crippen molar-refractivity contribution in [3.8, 4) is 0 Å². The van der Waals surface area contributed by atoms with Crippen molar-refractivity contribution in [1.29, 1.82) is 0 Å². The Hall–Kier alpha value is -1.92. The summed E-state index contributed by atoms with van der Waals surface area (Å²) in [5.74, 6) is 0.848. The minimum absolute atomic E-state index is 0.396. The van der Waals surface area contributed by atoms with Crippen molar-refractivity contribution in [2.75, 3.05) is 27.2 Å². The molecule has 6 heteroatoms. The quantitative estimate of drug-likeness (QED) is 0.524. The minimum atomic E-state index is 0.396. The van der Waals surface area contributed by atoms with Crippen LogP contribution in [0.3, 0.4) is 0 Å². The molecular formula is C20H31N5S. The summed E-state index contributed by atoms with van der Waals surface area (Å²) < 4.78 is 0. The van der Waals surface area contributed by atoms with E-state index in [1.54, 1.807) is 11.3 Å². The molecule has 2 aromatic rings. The Morgan fingerprint density at radius 1 is 1.19 bits per heavy atom. The summed E-state index contributed by atoms with van der Waals surface area (Å²) in [4.78, 5) is 12.7. The lowest BCUT2D eigenvalue weighted by Crippen LogP contribution is -2.46. The first-order chi connectivity index (χ1) is 12.6. The lowest BCUT2D eigenvalue weighted by molar-refractivity contribution is 0.290. The normalized spacial score (nSPS) is 13.0. The van der Waals surface area contributed by atoms with Crippen LogP contribution in [0.15, 0.2) is 41.5 Å². The van der Waals surface area contributed by atoms with Crippen LogP contribution in [0, 0.1) is 0 Å². The van der Waals surface area contributed by atoms with Gasteiger partial charge in [0.2, 0.25) is 0 Å². The van der Waals surface area contributed by atoms with Gasteiger partial charge in [-0.25, -0.2) is 9.98 Å². The van der Waals surface area contributed by atoms with Crippen LogP contribution in [0.1, 0.15) is 29.3 Å². The number of aryl methyl sites for hydroxylation is 1. The Labute approximate surface area is 161 Å². The van der Waals surface area contributed by atoms with Gasteiger partial charge in [0.25, 0.3) is 0 Å². The fourth-order valence-electron chi connectivity index (χ4n) is 2.61. The summed E-state index contributed by atoms with van der Waals surface area (Å²) in [6.45, 7) is 6.54. The first kappa shape index (κ1) is 20.4. The smallest absolute Gasteiger partial charge is 0.191 e. The van der Waals surface area contributed by atoms with Crippen molar-refractivity contribution in [2.45, 2.75) is 39.3 Å². The molecule has 0 aliphatic rings. The van der Waals surface area contributed by atoms with Crippen LogP contribution in [0.5, 0.6) is 0 Å². The molecule has 2 N–H and O–H groups in total. The maximum absolute atomic E-state index is 4.69. The Morgan fingerprint density at radius 2 is 1.96 bits per heavy atom. The molecule has 0 amide bonds. The maximum atomic E-state index is 4.69. The van der Waals surface area contributed by atoms with Gasteiger partial charge in [0.15, 0.2) is 5.96 Å². The monoisotopic (exact) mass is 373 g/mol. The maximum Gasteiger partial charge on any atom is 0.191 e. The molecule has 142 valence electrons. The molecule has 1 atom stereocenters. The van der Waals surface area contributed by atoms with E-state index in [1.807, 2.05) is 6.20 Å². The average molecular weight is 374 g/mol. The van der Waals surface area contributed by atoms with Crippen molar-refractivity contribution < 1.29 is 0 Å². The average Bonchev–Trinajstić information content (AvgIpc) is 3.11. The lowest BCUT2D eigenvalue weighted by Gasteiger charge is -2.25. The molecule has 1 aromatic heterocycles. The number of rotatable bonds is 9. The standard InChI is InChI=1S/C20H31N5S/c1-5-18-14-22-19(26-18)15-24-20(21-6-2)23-13-17(25(3)4)12-16-10-8-7-9-11-16/h7-11,14,17H,5-6,12-13,15H2,1-4H3,(H2,21,23,24). The number of likely N-dealkylation sites (N-methyl/N-ethyl adjacent to an activating group) is 1. The largest absolute Gasteiger partial charge is 0.357 e. The third-order valence-electron chi connectivity index (χ3n) is 4.22. The van der Waals surface area contributed by atoms with E-state index in [4.69, 9.17) is 4.99 Å². The van der Waals surface area contributed by atoms with E-state index in [0.29, 0.717) is 12.6 Å². The van der Waals surface area contributed by atoms with Gasteiger partial charge < -0.3 is 15.5 Å². The molecule has 0 saturated heterocycles. The number of aromatic nitrogens is 1. The summed E-state index contributed by atoms with van der Waals surface area (Å²) >= 11 is 1.74. The van der Waals surface area contributed by atoms with E-state index < -0.39 is 0 Å². The topological polar surface area (TPSA) is 52.6 Å². The van der Waals surface area contributed by atoms with E-state index >= 15 is 0 Å². The molecule has 0 saturated carbocycles. The zero-order chi connectivity index (χ0) is 18.8. The van der Waals surface area contributed by atoms with Crippen LogP contribution in [0.2, 0.25) is 0 Å². The van der Waals surface area contributed by atoms with Crippen LogP contribution in [-0.4, -0.2) is 49.1 Å². The second kappa shape index (κ2) is 10.9. The third kappa shape index (κ3) is 6.77. The predicted molar refractivity (Wildman–Crippen MR) is 112 cm³/mol. The van der Waals surface area contributed by atoms with Gasteiger partial charge in [-0.1, -0.05) is 37.3 Å². The molecule has 1 heterocycles. The summed E-state index contributed by atoms with van der Waals surface area (Å²) in [5, 5.41) is 7.88. The molecule has 0 radical (unpaired) electrons. The van der Waals surface area contributed by atoms with E-state index in [0.717, 1.165) is 36.9 Å². The highest BCUT2D eigenvalue weighted by Gasteiger charge is 2.13. The van der Waals surface area contributed by atoms with Crippen molar-refractivity contribution in [3.63, 3.8) is 0 Å². The first-order valence-electron chi connectivity index (χ1n) is 9.28.